The summed E-state index contributed by atoms with van der Waals surface area (Å²) in [5, 5.41) is 3.20. The van der Waals surface area contributed by atoms with E-state index < -0.39 is 10.0 Å². The number of hydrogen-bond donors (Lipinski definition) is 2. The van der Waals surface area contributed by atoms with Gasteiger partial charge in [-0.25, -0.2) is 13.1 Å². The fourth-order valence-electron chi connectivity index (χ4n) is 3.01. The van der Waals surface area contributed by atoms with E-state index in [9.17, 15) is 8.42 Å². The van der Waals surface area contributed by atoms with Gasteiger partial charge < -0.3 is 10.2 Å². The molecule has 3 rings (SSSR count). The van der Waals surface area contributed by atoms with Crippen LogP contribution in [0.2, 0.25) is 0 Å². The van der Waals surface area contributed by atoms with Crippen molar-refractivity contribution in [3.63, 3.8) is 0 Å². The van der Waals surface area contributed by atoms with Gasteiger partial charge in [0.2, 0.25) is 10.0 Å². The lowest BCUT2D eigenvalue weighted by atomic mass is 10.2. The van der Waals surface area contributed by atoms with Crippen LogP contribution in [0, 0.1) is 0 Å². The van der Waals surface area contributed by atoms with Gasteiger partial charge in [-0.1, -0.05) is 12.1 Å². The summed E-state index contributed by atoms with van der Waals surface area (Å²) < 4.78 is 27.9. The average Bonchev–Trinajstić information content (AvgIpc) is 3.14. The molecule has 0 aromatic heterocycles. The molecule has 1 saturated heterocycles. The van der Waals surface area contributed by atoms with Gasteiger partial charge >= 0.3 is 0 Å². The molecular formula is C15H23N3O2S. The molecule has 0 amide bonds. The Morgan fingerprint density at radius 2 is 2.00 bits per heavy atom. The maximum Gasteiger partial charge on any atom is 0.242 e. The number of hydrogen-bond acceptors (Lipinski definition) is 4. The van der Waals surface area contributed by atoms with E-state index in [4.69, 9.17) is 0 Å². The summed E-state index contributed by atoms with van der Waals surface area (Å²) in [4.78, 5) is 2.65. The van der Waals surface area contributed by atoms with Crippen molar-refractivity contribution in [2.45, 2.75) is 42.7 Å². The highest BCUT2D eigenvalue weighted by atomic mass is 32.2. The third kappa shape index (κ3) is 3.22. The molecular weight excluding hydrogens is 286 g/mol. The molecule has 1 aromatic carbocycles. The molecule has 2 fully saturated rings. The molecule has 2 N–H and O–H groups in total. The Hall–Kier alpha value is -1.11. The molecule has 0 spiro atoms. The van der Waals surface area contributed by atoms with E-state index in [2.05, 4.69) is 14.9 Å². The van der Waals surface area contributed by atoms with Crippen molar-refractivity contribution >= 4 is 15.7 Å². The molecule has 21 heavy (non-hydrogen) atoms. The van der Waals surface area contributed by atoms with Gasteiger partial charge in [0.1, 0.15) is 4.90 Å². The van der Waals surface area contributed by atoms with Crippen molar-refractivity contribution in [1.82, 2.24) is 10.0 Å². The second-order valence-electron chi connectivity index (χ2n) is 5.91. The van der Waals surface area contributed by atoms with E-state index in [0.29, 0.717) is 10.9 Å². The van der Waals surface area contributed by atoms with Crippen LogP contribution in [-0.4, -0.2) is 40.6 Å². The smallest absolute Gasteiger partial charge is 0.242 e. The number of rotatable bonds is 6. The number of benzene rings is 1. The largest absolute Gasteiger partial charge is 0.366 e. The second-order valence-corrected chi connectivity index (χ2v) is 7.59. The zero-order chi connectivity index (χ0) is 14.9. The maximum atomic E-state index is 12.6. The van der Waals surface area contributed by atoms with Gasteiger partial charge in [0.15, 0.2) is 0 Å². The third-order valence-corrected chi connectivity index (χ3v) is 5.75. The minimum Gasteiger partial charge on any atom is -0.366 e. The average molecular weight is 309 g/mol. The van der Waals surface area contributed by atoms with Crippen LogP contribution in [0.1, 0.15) is 25.7 Å². The van der Waals surface area contributed by atoms with Crippen molar-refractivity contribution in [3.05, 3.63) is 24.3 Å². The van der Waals surface area contributed by atoms with Gasteiger partial charge in [0.25, 0.3) is 0 Å². The second kappa shape index (κ2) is 5.94. The molecule has 1 atom stereocenters. The lowest BCUT2D eigenvalue weighted by Gasteiger charge is -2.28. The topological polar surface area (TPSA) is 61.4 Å². The SMILES string of the molecule is CNCC1CCCN1c1ccccc1S(=O)(=O)NC1CC1. The molecule has 1 saturated carbocycles. The highest BCUT2D eigenvalue weighted by Gasteiger charge is 2.32. The molecule has 116 valence electrons. The lowest BCUT2D eigenvalue weighted by Crippen LogP contribution is -2.38. The predicted molar refractivity (Wildman–Crippen MR) is 84.1 cm³/mol. The first-order valence-corrected chi connectivity index (χ1v) is 9.13. The summed E-state index contributed by atoms with van der Waals surface area (Å²) in [6.45, 7) is 1.80. The summed E-state index contributed by atoms with van der Waals surface area (Å²) in [5.74, 6) is 0. The van der Waals surface area contributed by atoms with Crippen LogP contribution in [0.15, 0.2) is 29.2 Å². The molecule has 1 aliphatic carbocycles. The Morgan fingerprint density at radius 1 is 1.24 bits per heavy atom. The van der Waals surface area contributed by atoms with Gasteiger partial charge in [-0.15, -0.1) is 0 Å². The molecule has 1 unspecified atom stereocenters. The fourth-order valence-corrected chi connectivity index (χ4v) is 4.53. The first kappa shape index (κ1) is 14.8. The molecule has 6 heteroatoms. The molecule has 1 aliphatic heterocycles. The van der Waals surface area contributed by atoms with Gasteiger partial charge in [-0.05, 0) is 44.9 Å². The zero-order valence-electron chi connectivity index (χ0n) is 12.4. The number of nitrogens with one attached hydrogen (secondary N) is 2. The Balaban J connectivity index is 1.91. The van der Waals surface area contributed by atoms with E-state index in [-0.39, 0.29) is 6.04 Å². The quantitative estimate of drug-likeness (QED) is 0.832. The number of nitrogens with zero attached hydrogens (tertiary/aromatic N) is 1. The summed E-state index contributed by atoms with van der Waals surface area (Å²) in [6.07, 6.45) is 4.11. The Kier molecular flexibility index (Phi) is 4.19. The maximum absolute atomic E-state index is 12.6. The van der Waals surface area contributed by atoms with Crippen LogP contribution in [0.4, 0.5) is 5.69 Å². The van der Waals surface area contributed by atoms with Crippen molar-refractivity contribution < 1.29 is 8.42 Å². The first-order chi connectivity index (χ1) is 10.1. The van der Waals surface area contributed by atoms with Crippen molar-refractivity contribution in [3.8, 4) is 0 Å². The summed E-state index contributed by atoms with van der Waals surface area (Å²) >= 11 is 0. The Bertz CT molecular complexity index is 599. The molecule has 1 aromatic rings. The number of para-hydroxylation sites is 1. The van der Waals surface area contributed by atoms with Crippen LogP contribution in [0.5, 0.6) is 0 Å². The zero-order valence-corrected chi connectivity index (χ0v) is 13.2. The summed E-state index contributed by atoms with van der Waals surface area (Å²) in [5.41, 5.74) is 0.836. The van der Waals surface area contributed by atoms with Crippen molar-refractivity contribution in [2.75, 3.05) is 25.0 Å². The first-order valence-electron chi connectivity index (χ1n) is 7.64. The van der Waals surface area contributed by atoms with Crippen LogP contribution in [-0.2, 0) is 10.0 Å². The van der Waals surface area contributed by atoms with Gasteiger partial charge in [0.05, 0.1) is 5.69 Å². The number of sulfonamides is 1. The Morgan fingerprint density at radius 3 is 2.71 bits per heavy atom. The summed E-state index contributed by atoms with van der Waals surface area (Å²) in [7, 11) is -1.48. The van der Waals surface area contributed by atoms with Gasteiger partial charge in [-0.3, -0.25) is 0 Å². The van der Waals surface area contributed by atoms with Crippen LogP contribution >= 0.6 is 0 Å². The fraction of sp³-hybridized carbons (Fsp3) is 0.600. The van der Waals surface area contributed by atoms with Crippen molar-refractivity contribution in [1.29, 1.82) is 0 Å². The van der Waals surface area contributed by atoms with Gasteiger partial charge in [0, 0.05) is 25.2 Å². The van der Waals surface area contributed by atoms with Crippen molar-refractivity contribution in [2.24, 2.45) is 0 Å². The van der Waals surface area contributed by atoms with E-state index >= 15 is 0 Å². The molecule has 0 radical (unpaired) electrons. The predicted octanol–water partition coefficient (Wildman–Crippen LogP) is 1.32. The minimum atomic E-state index is -3.42. The normalized spacial score (nSPS) is 22.7. The van der Waals surface area contributed by atoms with E-state index in [1.165, 1.54) is 0 Å². The summed E-state index contributed by atoms with van der Waals surface area (Å²) in [6, 6.07) is 7.86. The lowest BCUT2D eigenvalue weighted by molar-refractivity contribution is 0.578. The highest BCUT2D eigenvalue weighted by molar-refractivity contribution is 7.89. The number of anilines is 1. The van der Waals surface area contributed by atoms with E-state index in [0.717, 1.165) is 44.5 Å². The molecule has 0 bridgehead atoms. The third-order valence-electron chi connectivity index (χ3n) is 4.18. The van der Waals surface area contributed by atoms with Crippen LogP contribution in [0.3, 0.4) is 0 Å². The minimum absolute atomic E-state index is 0.134. The van der Waals surface area contributed by atoms with Gasteiger partial charge in [-0.2, -0.15) is 0 Å². The Labute approximate surface area is 126 Å². The van der Waals surface area contributed by atoms with Crippen LogP contribution in [0.25, 0.3) is 0 Å². The standard InChI is InChI=1S/C15H23N3O2S/c1-16-11-13-5-4-10-18(13)14-6-2-3-7-15(14)21(19,20)17-12-8-9-12/h2-3,6-7,12-13,16-17H,4-5,8-11H2,1H3. The molecule has 1 heterocycles. The van der Waals surface area contributed by atoms with Crippen LogP contribution < -0.4 is 14.9 Å². The van der Waals surface area contributed by atoms with E-state index in [1.54, 1.807) is 12.1 Å². The monoisotopic (exact) mass is 309 g/mol. The number of likely N-dealkylation sites (N-methyl/N-ethyl adjacent to an activating group) is 1. The highest BCUT2D eigenvalue weighted by Crippen LogP contribution is 2.32. The molecule has 2 aliphatic rings. The van der Waals surface area contributed by atoms with E-state index in [1.807, 2.05) is 19.2 Å². The molecule has 5 nitrogen and oxygen atoms in total.